The van der Waals surface area contributed by atoms with Crippen LogP contribution >= 0.6 is 0 Å². The molecule has 54 heavy (non-hydrogen) atoms. The van der Waals surface area contributed by atoms with Gasteiger partial charge in [0.1, 0.15) is 22.3 Å². The number of hydrogen-bond donors (Lipinski definition) is 0. The number of benzene rings is 9. The van der Waals surface area contributed by atoms with Crippen molar-refractivity contribution < 1.29 is 8.83 Å². The summed E-state index contributed by atoms with van der Waals surface area (Å²) in [4.78, 5) is 0. The van der Waals surface area contributed by atoms with Gasteiger partial charge >= 0.3 is 0 Å². The van der Waals surface area contributed by atoms with Gasteiger partial charge in [0.2, 0.25) is 0 Å². The third kappa shape index (κ3) is 4.74. The molecule has 2 aromatic heterocycles. The quantitative estimate of drug-likeness (QED) is 0.180. The van der Waals surface area contributed by atoms with E-state index in [9.17, 15) is 0 Å². The summed E-state index contributed by atoms with van der Waals surface area (Å²) in [5.41, 5.74) is 14.9. The minimum absolute atomic E-state index is 0.853. The molecule has 0 aliphatic heterocycles. The van der Waals surface area contributed by atoms with Crippen molar-refractivity contribution in [1.29, 1.82) is 0 Å². The normalized spacial score (nSPS) is 11.7. The summed E-state index contributed by atoms with van der Waals surface area (Å²) < 4.78 is 13.8. The van der Waals surface area contributed by atoms with Gasteiger partial charge in [-0.15, -0.1) is 0 Å². The van der Waals surface area contributed by atoms with Gasteiger partial charge < -0.3 is 8.83 Å². The summed E-state index contributed by atoms with van der Waals surface area (Å²) in [5.74, 6) is 0. The third-order valence-corrected chi connectivity index (χ3v) is 10.9. The standard InChI is InChI=1S/C52H32O2/c1-4-16-33(17-5-1)36-30-37(34-18-6-2-7-19-34)32-38(31-36)47-40-22-10-11-23-41(40)49(52-50(47)42-24-12-13-28-45(42)53-52)43-26-15-29-46-48(43)44-27-14-25-39(51(44)54-46)35-20-8-3-9-21-35/h1-32H. The third-order valence-electron chi connectivity index (χ3n) is 10.9. The molecule has 0 aliphatic carbocycles. The lowest BCUT2D eigenvalue weighted by Crippen LogP contribution is -1.91. The average Bonchev–Trinajstić information content (AvgIpc) is 3.83. The van der Waals surface area contributed by atoms with E-state index in [0.717, 1.165) is 77.1 Å². The van der Waals surface area contributed by atoms with Gasteiger partial charge in [-0.3, -0.25) is 0 Å². The van der Waals surface area contributed by atoms with Crippen molar-refractivity contribution in [3.8, 4) is 55.6 Å². The molecule has 2 nitrogen and oxygen atoms in total. The zero-order chi connectivity index (χ0) is 35.6. The molecule has 2 heteroatoms. The second kappa shape index (κ2) is 12.2. The van der Waals surface area contributed by atoms with E-state index in [1.165, 1.54) is 33.2 Å². The Morgan fingerprint density at radius 3 is 1.43 bits per heavy atom. The molecule has 11 rings (SSSR count). The van der Waals surface area contributed by atoms with E-state index in [1.807, 2.05) is 6.07 Å². The highest BCUT2D eigenvalue weighted by Gasteiger charge is 2.25. The van der Waals surface area contributed by atoms with Crippen LogP contribution in [0.4, 0.5) is 0 Å². The fourth-order valence-corrected chi connectivity index (χ4v) is 8.48. The minimum Gasteiger partial charge on any atom is -0.455 e. The van der Waals surface area contributed by atoms with Crippen LogP contribution in [0, 0.1) is 0 Å². The van der Waals surface area contributed by atoms with Crippen molar-refractivity contribution in [3.63, 3.8) is 0 Å². The van der Waals surface area contributed by atoms with E-state index in [4.69, 9.17) is 8.83 Å². The molecule has 0 spiro atoms. The van der Waals surface area contributed by atoms with Gasteiger partial charge in [-0.1, -0.05) is 164 Å². The maximum Gasteiger partial charge on any atom is 0.144 e. The van der Waals surface area contributed by atoms with Gasteiger partial charge in [0.25, 0.3) is 0 Å². The predicted molar refractivity (Wildman–Crippen MR) is 226 cm³/mol. The Morgan fingerprint density at radius 1 is 0.259 bits per heavy atom. The number of rotatable bonds is 5. The van der Waals surface area contributed by atoms with E-state index in [1.54, 1.807) is 0 Å². The number of furan rings is 2. The van der Waals surface area contributed by atoms with Crippen molar-refractivity contribution in [3.05, 3.63) is 194 Å². The lowest BCUT2D eigenvalue weighted by Gasteiger charge is -2.17. The molecule has 0 bridgehead atoms. The molecule has 0 amide bonds. The van der Waals surface area contributed by atoms with Crippen LogP contribution < -0.4 is 0 Å². The van der Waals surface area contributed by atoms with Crippen LogP contribution in [0.3, 0.4) is 0 Å². The van der Waals surface area contributed by atoms with Crippen molar-refractivity contribution in [1.82, 2.24) is 0 Å². The van der Waals surface area contributed by atoms with Crippen LogP contribution in [0.1, 0.15) is 0 Å². The zero-order valence-electron chi connectivity index (χ0n) is 29.3. The molecule has 11 aromatic rings. The summed E-state index contributed by atoms with van der Waals surface area (Å²) in [6.45, 7) is 0. The number of hydrogen-bond acceptors (Lipinski definition) is 2. The van der Waals surface area contributed by atoms with Gasteiger partial charge in [-0.05, 0) is 80.0 Å². The predicted octanol–water partition coefficient (Wildman–Crippen LogP) is 15.0. The number of fused-ring (bicyclic) bond motifs is 7. The highest BCUT2D eigenvalue weighted by Crippen LogP contribution is 2.51. The van der Waals surface area contributed by atoms with Gasteiger partial charge in [0.05, 0.1) is 0 Å². The van der Waals surface area contributed by atoms with Crippen LogP contribution in [-0.4, -0.2) is 0 Å². The van der Waals surface area contributed by atoms with E-state index in [-0.39, 0.29) is 0 Å². The Labute approximate surface area is 312 Å². The molecule has 0 atom stereocenters. The molecule has 0 N–H and O–H groups in total. The Balaban J connectivity index is 1.27. The Bertz CT molecular complexity index is 3130. The lowest BCUT2D eigenvalue weighted by atomic mass is 9.85. The Kier molecular flexibility index (Phi) is 6.90. The molecule has 0 fully saturated rings. The second-order valence-electron chi connectivity index (χ2n) is 14.0. The van der Waals surface area contributed by atoms with Gasteiger partial charge in [0.15, 0.2) is 0 Å². The highest BCUT2D eigenvalue weighted by molar-refractivity contribution is 6.29. The van der Waals surface area contributed by atoms with Crippen molar-refractivity contribution in [2.24, 2.45) is 0 Å². The van der Waals surface area contributed by atoms with Crippen molar-refractivity contribution >= 4 is 54.6 Å². The van der Waals surface area contributed by atoms with E-state index >= 15 is 0 Å². The van der Waals surface area contributed by atoms with Crippen LogP contribution in [0.15, 0.2) is 203 Å². The Hall–Kier alpha value is -7.16. The minimum atomic E-state index is 0.853. The van der Waals surface area contributed by atoms with Gasteiger partial charge in [-0.25, -0.2) is 0 Å². The first-order valence-corrected chi connectivity index (χ1v) is 18.4. The van der Waals surface area contributed by atoms with E-state index < -0.39 is 0 Å². The molecule has 0 aliphatic rings. The van der Waals surface area contributed by atoms with Crippen LogP contribution in [0.25, 0.3) is 110 Å². The average molecular weight is 689 g/mol. The summed E-state index contributed by atoms with van der Waals surface area (Å²) in [6.07, 6.45) is 0. The van der Waals surface area contributed by atoms with Gasteiger partial charge in [0, 0.05) is 38.2 Å². The molecule has 0 saturated carbocycles. The fourth-order valence-electron chi connectivity index (χ4n) is 8.48. The van der Waals surface area contributed by atoms with Crippen LogP contribution in [-0.2, 0) is 0 Å². The summed E-state index contributed by atoms with van der Waals surface area (Å²) >= 11 is 0. The monoisotopic (exact) mass is 688 g/mol. The first-order chi connectivity index (χ1) is 26.8. The second-order valence-corrected chi connectivity index (χ2v) is 14.0. The SMILES string of the molecule is c1ccc(-c2cc(-c3ccccc3)cc(-c3c4ccccc4c(-c4cccc5oc6c(-c7ccccc7)cccc6c45)c4oc5ccccc5c34)c2)cc1. The lowest BCUT2D eigenvalue weighted by molar-refractivity contribution is 0.669. The maximum absolute atomic E-state index is 7.04. The molecule has 0 saturated heterocycles. The molecule has 2 heterocycles. The molecular formula is C52H32O2. The summed E-state index contributed by atoms with van der Waals surface area (Å²) in [5, 5.41) is 6.68. The smallest absolute Gasteiger partial charge is 0.144 e. The van der Waals surface area contributed by atoms with Crippen LogP contribution in [0.5, 0.6) is 0 Å². The first-order valence-electron chi connectivity index (χ1n) is 18.4. The molecule has 0 unspecified atom stereocenters. The molecule has 252 valence electrons. The highest BCUT2D eigenvalue weighted by atomic mass is 16.3. The summed E-state index contributed by atoms with van der Waals surface area (Å²) in [7, 11) is 0. The van der Waals surface area contributed by atoms with Crippen LogP contribution in [0.2, 0.25) is 0 Å². The van der Waals surface area contributed by atoms with Crippen molar-refractivity contribution in [2.75, 3.05) is 0 Å². The molecule has 0 radical (unpaired) electrons. The van der Waals surface area contributed by atoms with Gasteiger partial charge in [-0.2, -0.15) is 0 Å². The van der Waals surface area contributed by atoms with E-state index in [0.29, 0.717) is 0 Å². The van der Waals surface area contributed by atoms with E-state index in [2.05, 4.69) is 188 Å². The summed E-state index contributed by atoms with van der Waals surface area (Å²) in [6, 6.07) is 69.0. The maximum atomic E-state index is 7.04. The Morgan fingerprint density at radius 2 is 0.741 bits per heavy atom. The topological polar surface area (TPSA) is 26.3 Å². The number of para-hydroxylation sites is 2. The molecule has 9 aromatic carbocycles. The molecular weight excluding hydrogens is 657 g/mol. The first kappa shape index (κ1) is 30.5. The fraction of sp³-hybridized carbons (Fsp3) is 0. The van der Waals surface area contributed by atoms with Crippen molar-refractivity contribution in [2.45, 2.75) is 0 Å². The zero-order valence-corrected chi connectivity index (χ0v) is 29.3. The largest absolute Gasteiger partial charge is 0.455 e.